The van der Waals surface area contributed by atoms with Crippen molar-refractivity contribution in [3.8, 4) is 0 Å². The molecule has 2 aliphatic rings. The molecule has 0 unspecified atom stereocenters. The van der Waals surface area contributed by atoms with E-state index in [0.717, 1.165) is 26.2 Å². The third-order valence-electron chi connectivity index (χ3n) is 6.00. The Morgan fingerprint density at radius 3 is 2.59 bits per heavy atom. The highest BCUT2D eigenvalue weighted by Gasteiger charge is 2.46. The molecule has 2 aliphatic heterocycles. The summed E-state index contributed by atoms with van der Waals surface area (Å²) in [5, 5.41) is 3.51. The first-order valence-corrected chi connectivity index (χ1v) is 9.91. The topological polar surface area (TPSA) is 35.6 Å². The monoisotopic (exact) mass is 363 g/mol. The first kappa shape index (κ1) is 18.2. The van der Waals surface area contributed by atoms with Crippen molar-refractivity contribution < 1.29 is 4.79 Å². The van der Waals surface area contributed by atoms with Crippen LogP contribution in [0.5, 0.6) is 0 Å². The van der Waals surface area contributed by atoms with Gasteiger partial charge in [0.2, 0.25) is 5.91 Å². The number of nitrogens with one attached hydrogen (secondary N) is 1. The molecule has 1 amide bonds. The second kappa shape index (κ2) is 7.83. The van der Waals surface area contributed by atoms with Crippen LogP contribution in [0, 0.1) is 18.8 Å². The van der Waals surface area contributed by atoms with Crippen molar-refractivity contribution in [2.24, 2.45) is 11.8 Å². The minimum absolute atomic E-state index is 0.200. The third kappa shape index (κ3) is 3.92. The van der Waals surface area contributed by atoms with E-state index in [2.05, 4.69) is 70.6 Å². The zero-order valence-electron chi connectivity index (χ0n) is 16.3. The second-order valence-electron chi connectivity index (χ2n) is 8.14. The van der Waals surface area contributed by atoms with E-state index < -0.39 is 0 Å². The fourth-order valence-corrected chi connectivity index (χ4v) is 4.64. The SMILES string of the molecule is Cc1ccc(CN(C)CC(=O)N2C[C@@H]3CNC[C@@H]3[C@H]2c2ccccc2)cc1. The summed E-state index contributed by atoms with van der Waals surface area (Å²) in [4.78, 5) is 17.4. The van der Waals surface area contributed by atoms with E-state index in [-0.39, 0.29) is 11.9 Å². The highest BCUT2D eigenvalue weighted by atomic mass is 16.2. The van der Waals surface area contributed by atoms with E-state index >= 15 is 0 Å². The lowest BCUT2D eigenvalue weighted by Crippen LogP contribution is -2.40. The minimum Gasteiger partial charge on any atom is -0.334 e. The number of rotatable bonds is 5. The van der Waals surface area contributed by atoms with Crippen molar-refractivity contribution in [3.05, 3.63) is 71.3 Å². The first-order chi connectivity index (χ1) is 13.1. The molecule has 27 heavy (non-hydrogen) atoms. The molecule has 4 rings (SSSR count). The zero-order chi connectivity index (χ0) is 18.8. The van der Waals surface area contributed by atoms with E-state index in [1.165, 1.54) is 16.7 Å². The molecule has 0 bridgehead atoms. The van der Waals surface area contributed by atoms with E-state index in [4.69, 9.17) is 0 Å². The molecule has 0 saturated carbocycles. The maximum Gasteiger partial charge on any atom is 0.237 e. The van der Waals surface area contributed by atoms with Crippen LogP contribution in [-0.2, 0) is 11.3 Å². The van der Waals surface area contributed by atoms with Crippen molar-refractivity contribution in [1.29, 1.82) is 0 Å². The van der Waals surface area contributed by atoms with Gasteiger partial charge in [-0.15, -0.1) is 0 Å². The van der Waals surface area contributed by atoms with Gasteiger partial charge in [0.05, 0.1) is 12.6 Å². The summed E-state index contributed by atoms with van der Waals surface area (Å²) >= 11 is 0. The molecule has 0 spiro atoms. The number of likely N-dealkylation sites (N-methyl/N-ethyl adjacent to an activating group) is 1. The number of amides is 1. The highest BCUT2D eigenvalue weighted by Crippen LogP contribution is 2.42. The van der Waals surface area contributed by atoms with Gasteiger partial charge in [0.25, 0.3) is 0 Å². The Labute approximate surface area is 162 Å². The molecule has 3 atom stereocenters. The number of nitrogens with zero attached hydrogens (tertiary/aromatic N) is 2. The van der Waals surface area contributed by atoms with Crippen LogP contribution in [0.4, 0.5) is 0 Å². The molecule has 4 heteroatoms. The maximum absolute atomic E-state index is 13.2. The Bertz CT molecular complexity index is 774. The lowest BCUT2D eigenvalue weighted by Gasteiger charge is -2.30. The van der Waals surface area contributed by atoms with Crippen LogP contribution in [0.2, 0.25) is 0 Å². The maximum atomic E-state index is 13.2. The van der Waals surface area contributed by atoms with Gasteiger partial charge in [-0.1, -0.05) is 60.2 Å². The number of fused-ring (bicyclic) bond motifs is 1. The molecular weight excluding hydrogens is 334 g/mol. The predicted molar refractivity (Wildman–Crippen MR) is 108 cm³/mol. The number of hydrogen-bond donors (Lipinski definition) is 1. The number of benzene rings is 2. The quantitative estimate of drug-likeness (QED) is 0.887. The van der Waals surface area contributed by atoms with Crippen LogP contribution in [-0.4, -0.2) is 48.9 Å². The molecule has 1 N–H and O–H groups in total. The van der Waals surface area contributed by atoms with Crippen LogP contribution in [0.15, 0.2) is 54.6 Å². The molecule has 2 heterocycles. The molecule has 2 fully saturated rings. The average Bonchev–Trinajstić information content (AvgIpc) is 3.25. The van der Waals surface area contributed by atoms with Crippen LogP contribution in [0.3, 0.4) is 0 Å². The Hall–Kier alpha value is -2.17. The number of hydrogen-bond acceptors (Lipinski definition) is 3. The second-order valence-corrected chi connectivity index (χ2v) is 8.14. The van der Waals surface area contributed by atoms with Gasteiger partial charge in [-0.25, -0.2) is 0 Å². The fourth-order valence-electron chi connectivity index (χ4n) is 4.64. The Morgan fingerprint density at radius 2 is 1.85 bits per heavy atom. The van der Waals surface area contributed by atoms with Gasteiger partial charge in [-0.2, -0.15) is 0 Å². The van der Waals surface area contributed by atoms with Gasteiger partial charge < -0.3 is 10.2 Å². The Morgan fingerprint density at radius 1 is 1.11 bits per heavy atom. The van der Waals surface area contributed by atoms with Crippen LogP contribution in [0.1, 0.15) is 22.7 Å². The van der Waals surface area contributed by atoms with Gasteiger partial charge in [-0.3, -0.25) is 9.69 Å². The Balaban J connectivity index is 1.45. The van der Waals surface area contributed by atoms with E-state index in [9.17, 15) is 4.79 Å². The largest absolute Gasteiger partial charge is 0.334 e. The van der Waals surface area contributed by atoms with E-state index in [0.29, 0.717) is 18.4 Å². The van der Waals surface area contributed by atoms with Gasteiger partial charge >= 0.3 is 0 Å². The molecule has 2 aromatic rings. The smallest absolute Gasteiger partial charge is 0.237 e. The summed E-state index contributed by atoms with van der Waals surface area (Å²) in [6, 6.07) is 19.3. The van der Waals surface area contributed by atoms with Crippen molar-refractivity contribution in [2.75, 3.05) is 33.2 Å². The predicted octanol–water partition coefficient (Wildman–Crippen LogP) is 2.85. The summed E-state index contributed by atoms with van der Waals surface area (Å²) in [6.45, 7) is 6.26. The van der Waals surface area contributed by atoms with E-state index in [1.54, 1.807) is 0 Å². The number of likely N-dealkylation sites (tertiary alicyclic amines) is 1. The summed E-state index contributed by atoms with van der Waals surface area (Å²) in [5.74, 6) is 1.34. The van der Waals surface area contributed by atoms with Gasteiger partial charge in [0.1, 0.15) is 0 Å². The normalized spacial score (nSPS) is 24.4. The summed E-state index contributed by atoms with van der Waals surface area (Å²) < 4.78 is 0. The first-order valence-electron chi connectivity index (χ1n) is 9.91. The molecule has 0 aromatic heterocycles. The molecule has 4 nitrogen and oxygen atoms in total. The average molecular weight is 364 g/mol. The van der Waals surface area contributed by atoms with Crippen LogP contribution < -0.4 is 5.32 Å². The van der Waals surface area contributed by atoms with Gasteiger partial charge in [-0.05, 0) is 31.0 Å². The van der Waals surface area contributed by atoms with Crippen molar-refractivity contribution in [2.45, 2.75) is 19.5 Å². The van der Waals surface area contributed by atoms with Crippen LogP contribution >= 0.6 is 0 Å². The standard InChI is InChI=1S/C23H29N3O/c1-17-8-10-18(11-9-17)14-25(2)16-22(27)26-15-20-12-24-13-21(20)23(26)19-6-4-3-5-7-19/h3-11,20-21,23-24H,12-16H2,1-2H3/t20-,21-,23+/m0/s1. The molecule has 2 saturated heterocycles. The molecule has 142 valence electrons. The highest BCUT2D eigenvalue weighted by molar-refractivity contribution is 5.79. The molecule has 2 aromatic carbocycles. The third-order valence-corrected chi connectivity index (χ3v) is 6.00. The fraction of sp³-hybridized carbons (Fsp3) is 0.435. The van der Waals surface area contributed by atoms with Gasteiger partial charge in [0.15, 0.2) is 0 Å². The van der Waals surface area contributed by atoms with E-state index in [1.807, 2.05) is 13.1 Å². The number of carbonyl (C=O) groups is 1. The van der Waals surface area contributed by atoms with Crippen molar-refractivity contribution in [1.82, 2.24) is 15.1 Å². The number of carbonyl (C=O) groups excluding carboxylic acids is 1. The number of aryl methyl sites for hydroxylation is 1. The minimum atomic E-state index is 0.200. The summed E-state index contributed by atoms with van der Waals surface area (Å²) in [6.07, 6.45) is 0. The van der Waals surface area contributed by atoms with Crippen molar-refractivity contribution >= 4 is 5.91 Å². The lowest BCUT2D eigenvalue weighted by atomic mass is 9.89. The molecular formula is C23H29N3O. The summed E-state index contributed by atoms with van der Waals surface area (Å²) in [7, 11) is 2.04. The van der Waals surface area contributed by atoms with Crippen molar-refractivity contribution in [3.63, 3.8) is 0 Å². The molecule has 0 radical (unpaired) electrons. The Kier molecular flexibility index (Phi) is 5.28. The van der Waals surface area contributed by atoms with Crippen LogP contribution in [0.25, 0.3) is 0 Å². The zero-order valence-corrected chi connectivity index (χ0v) is 16.3. The molecule has 0 aliphatic carbocycles. The lowest BCUT2D eigenvalue weighted by molar-refractivity contribution is -0.133. The summed E-state index contributed by atoms with van der Waals surface area (Å²) in [5.41, 5.74) is 3.78. The van der Waals surface area contributed by atoms with Gasteiger partial charge in [0, 0.05) is 32.1 Å².